The van der Waals surface area contributed by atoms with Gasteiger partial charge in [-0.1, -0.05) is 6.07 Å². The summed E-state index contributed by atoms with van der Waals surface area (Å²) in [6.07, 6.45) is 3.80. The Morgan fingerprint density at radius 2 is 2.10 bits per heavy atom. The van der Waals surface area contributed by atoms with Gasteiger partial charge in [-0.2, -0.15) is 5.10 Å². The largest absolute Gasteiger partial charge is 0.366 e. The van der Waals surface area contributed by atoms with Crippen molar-refractivity contribution in [2.75, 3.05) is 6.26 Å². The SMILES string of the molecule is CSc1ccc(C(N)=O)cc1-c1ccc2[nH]ncc2c1. The first kappa shape index (κ1) is 12.7. The van der Waals surface area contributed by atoms with Crippen molar-refractivity contribution in [2.24, 2.45) is 5.73 Å². The van der Waals surface area contributed by atoms with Crippen LogP contribution in [-0.2, 0) is 0 Å². The van der Waals surface area contributed by atoms with Crippen LogP contribution >= 0.6 is 11.8 Å². The Balaban J connectivity index is 2.20. The van der Waals surface area contributed by atoms with Gasteiger partial charge in [0.25, 0.3) is 0 Å². The number of amides is 1. The summed E-state index contributed by atoms with van der Waals surface area (Å²) in [5, 5.41) is 7.99. The number of fused-ring (bicyclic) bond motifs is 1. The molecular formula is C15H13N3OS. The van der Waals surface area contributed by atoms with Crippen LogP contribution in [0.25, 0.3) is 22.0 Å². The number of thioether (sulfide) groups is 1. The zero-order chi connectivity index (χ0) is 14.1. The summed E-state index contributed by atoms with van der Waals surface area (Å²) in [5.74, 6) is -0.414. The third-order valence-corrected chi connectivity index (χ3v) is 4.03. The molecule has 0 saturated carbocycles. The number of primary amides is 1. The van der Waals surface area contributed by atoms with Crippen molar-refractivity contribution in [3.8, 4) is 11.1 Å². The summed E-state index contributed by atoms with van der Waals surface area (Å²) in [7, 11) is 0. The Morgan fingerprint density at radius 1 is 1.25 bits per heavy atom. The predicted octanol–water partition coefficient (Wildman–Crippen LogP) is 3.05. The number of hydrogen-bond acceptors (Lipinski definition) is 3. The highest BCUT2D eigenvalue weighted by molar-refractivity contribution is 7.98. The molecule has 0 aliphatic carbocycles. The van der Waals surface area contributed by atoms with Crippen LogP contribution in [0.2, 0.25) is 0 Å². The Kier molecular flexibility index (Phi) is 3.20. The zero-order valence-corrected chi connectivity index (χ0v) is 11.7. The second-order valence-corrected chi connectivity index (χ2v) is 5.30. The van der Waals surface area contributed by atoms with Gasteiger partial charge in [0.2, 0.25) is 5.91 Å². The number of benzene rings is 2. The fourth-order valence-corrected chi connectivity index (χ4v) is 2.80. The van der Waals surface area contributed by atoms with Crippen molar-refractivity contribution >= 4 is 28.6 Å². The molecule has 2 aromatic carbocycles. The number of carbonyl (C=O) groups excluding carboxylic acids is 1. The average Bonchev–Trinajstić information content (AvgIpc) is 2.93. The second kappa shape index (κ2) is 5.02. The van der Waals surface area contributed by atoms with Crippen LogP contribution < -0.4 is 5.73 Å². The zero-order valence-electron chi connectivity index (χ0n) is 10.9. The summed E-state index contributed by atoms with van der Waals surface area (Å²) < 4.78 is 0. The molecule has 3 aromatic rings. The second-order valence-electron chi connectivity index (χ2n) is 4.45. The van der Waals surface area contributed by atoms with E-state index in [4.69, 9.17) is 5.73 Å². The number of aromatic amines is 1. The number of nitrogens with one attached hydrogen (secondary N) is 1. The number of nitrogens with two attached hydrogens (primary N) is 1. The van der Waals surface area contributed by atoms with Crippen molar-refractivity contribution in [2.45, 2.75) is 4.90 Å². The number of hydrogen-bond donors (Lipinski definition) is 2. The average molecular weight is 283 g/mol. The molecule has 20 heavy (non-hydrogen) atoms. The molecule has 0 radical (unpaired) electrons. The molecule has 0 spiro atoms. The van der Waals surface area contributed by atoms with Gasteiger partial charge >= 0.3 is 0 Å². The lowest BCUT2D eigenvalue weighted by atomic mass is 10.0. The van der Waals surface area contributed by atoms with E-state index in [1.807, 2.05) is 30.5 Å². The van der Waals surface area contributed by atoms with Crippen LogP contribution in [0.3, 0.4) is 0 Å². The maximum Gasteiger partial charge on any atom is 0.248 e. The summed E-state index contributed by atoms with van der Waals surface area (Å²) in [5.41, 5.74) is 8.93. The molecule has 3 rings (SSSR count). The van der Waals surface area contributed by atoms with E-state index in [2.05, 4.69) is 16.3 Å². The van der Waals surface area contributed by atoms with E-state index in [-0.39, 0.29) is 0 Å². The lowest BCUT2D eigenvalue weighted by Crippen LogP contribution is -2.10. The van der Waals surface area contributed by atoms with E-state index in [0.717, 1.165) is 26.9 Å². The van der Waals surface area contributed by atoms with Gasteiger partial charge in [-0.3, -0.25) is 9.89 Å². The van der Waals surface area contributed by atoms with E-state index < -0.39 is 5.91 Å². The van der Waals surface area contributed by atoms with E-state index in [9.17, 15) is 4.79 Å². The van der Waals surface area contributed by atoms with Gasteiger partial charge in [-0.05, 0) is 47.7 Å². The summed E-state index contributed by atoms with van der Waals surface area (Å²) >= 11 is 1.64. The molecule has 0 aliphatic rings. The fourth-order valence-electron chi connectivity index (χ4n) is 2.20. The third kappa shape index (κ3) is 2.16. The maximum atomic E-state index is 11.4. The first-order valence-electron chi connectivity index (χ1n) is 6.10. The van der Waals surface area contributed by atoms with Gasteiger partial charge in [0.15, 0.2) is 0 Å². The fraction of sp³-hybridized carbons (Fsp3) is 0.0667. The number of rotatable bonds is 3. The minimum absolute atomic E-state index is 0.414. The molecule has 0 fully saturated rings. The van der Waals surface area contributed by atoms with Crippen LogP contribution in [0.5, 0.6) is 0 Å². The lowest BCUT2D eigenvalue weighted by Gasteiger charge is -2.09. The van der Waals surface area contributed by atoms with Crippen LogP contribution in [-0.4, -0.2) is 22.4 Å². The number of carbonyl (C=O) groups is 1. The minimum atomic E-state index is -0.414. The molecular weight excluding hydrogens is 270 g/mol. The van der Waals surface area contributed by atoms with Gasteiger partial charge in [0.05, 0.1) is 11.7 Å². The van der Waals surface area contributed by atoms with Crippen LogP contribution in [0.15, 0.2) is 47.5 Å². The van der Waals surface area contributed by atoms with Gasteiger partial charge in [-0.15, -0.1) is 11.8 Å². The number of nitrogens with zero attached hydrogens (tertiary/aromatic N) is 1. The Morgan fingerprint density at radius 3 is 2.85 bits per heavy atom. The lowest BCUT2D eigenvalue weighted by molar-refractivity contribution is 0.100. The van der Waals surface area contributed by atoms with Gasteiger partial charge in [-0.25, -0.2) is 0 Å². The van der Waals surface area contributed by atoms with Crippen LogP contribution in [0, 0.1) is 0 Å². The van der Waals surface area contributed by atoms with Gasteiger partial charge in [0, 0.05) is 15.8 Å². The molecule has 1 aromatic heterocycles. The molecule has 0 atom stereocenters. The molecule has 0 bridgehead atoms. The molecule has 4 nitrogen and oxygen atoms in total. The smallest absolute Gasteiger partial charge is 0.248 e. The summed E-state index contributed by atoms with van der Waals surface area (Å²) in [4.78, 5) is 12.5. The Bertz CT molecular complexity index is 795. The van der Waals surface area contributed by atoms with Crippen molar-refractivity contribution in [1.29, 1.82) is 0 Å². The van der Waals surface area contributed by atoms with Gasteiger partial charge < -0.3 is 5.73 Å². The standard InChI is InChI=1S/C15H13N3OS/c1-20-14-5-3-10(15(16)19)7-12(14)9-2-4-13-11(6-9)8-17-18-13/h2-8H,1H3,(H2,16,19)(H,17,18). The summed E-state index contributed by atoms with van der Waals surface area (Å²) in [6.45, 7) is 0. The topological polar surface area (TPSA) is 71.8 Å². The molecule has 100 valence electrons. The minimum Gasteiger partial charge on any atom is -0.366 e. The monoisotopic (exact) mass is 283 g/mol. The van der Waals surface area contributed by atoms with Crippen LogP contribution in [0.1, 0.15) is 10.4 Å². The van der Waals surface area contributed by atoms with Crippen molar-refractivity contribution in [3.63, 3.8) is 0 Å². The summed E-state index contributed by atoms with van der Waals surface area (Å²) in [6, 6.07) is 11.6. The molecule has 0 unspecified atom stereocenters. The van der Waals surface area contributed by atoms with E-state index in [1.165, 1.54) is 0 Å². The highest BCUT2D eigenvalue weighted by atomic mass is 32.2. The van der Waals surface area contributed by atoms with Gasteiger partial charge in [0.1, 0.15) is 0 Å². The number of H-pyrrole nitrogens is 1. The molecule has 0 saturated heterocycles. The highest BCUT2D eigenvalue weighted by Gasteiger charge is 2.09. The van der Waals surface area contributed by atoms with Crippen LogP contribution in [0.4, 0.5) is 0 Å². The third-order valence-electron chi connectivity index (χ3n) is 3.24. The number of aromatic nitrogens is 2. The normalized spacial score (nSPS) is 10.8. The van der Waals surface area contributed by atoms with E-state index in [1.54, 1.807) is 24.0 Å². The van der Waals surface area contributed by atoms with E-state index >= 15 is 0 Å². The predicted molar refractivity (Wildman–Crippen MR) is 81.8 cm³/mol. The molecule has 1 heterocycles. The molecule has 1 amide bonds. The molecule has 3 N–H and O–H groups in total. The first-order chi connectivity index (χ1) is 9.69. The maximum absolute atomic E-state index is 11.4. The Labute approximate surface area is 120 Å². The van der Waals surface area contributed by atoms with Crippen molar-refractivity contribution in [3.05, 3.63) is 48.2 Å². The highest BCUT2D eigenvalue weighted by Crippen LogP contribution is 2.32. The van der Waals surface area contributed by atoms with Crippen molar-refractivity contribution in [1.82, 2.24) is 10.2 Å². The first-order valence-corrected chi connectivity index (χ1v) is 7.33. The van der Waals surface area contributed by atoms with Crippen molar-refractivity contribution < 1.29 is 4.79 Å². The Hall–Kier alpha value is -2.27. The molecule has 5 heteroatoms. The van der Waals surface area contributed by atoms with E-state index in [0.29, 0.717) is 5.56 Å². The molecule has 0 aliphatic heterocycles. The quantitative estimate of drug-likeness (QED) is 0.726.